The van der Waals surface area contributed by atoms with Crippen LogP contribution in [-0.4, -0.2) is 7.05 Å². The zero-order chi connectivity index (χ0) is 13.9. The van der Waals surface area contributed by atoms with Crippen molar-refractivity contribution in [2.45, 2.75) is 38.8 Å². The van der Waals surface area contributed by atoms with E-state index in [-0.39, 0.29) is 0 Å². The van der Waals surface area contributed by atoms with Crippen LogP contribution in [-0.2, 0) is 19.4 Å². The third kappa shape index (κ3) is 2.60. The maximum absolute atomic E-state index is 6.07. The van der Waals surface area contributed by atoms with E-state index in [0.29, 0.717) is 12.6 Å². The van der Waals surface area contributed by atoms with E-state index in [1.54, 1.807) is 0 Å². The van der Waals surface area contributed by atoms with Crippen molar-refractivity contribution in [1.29, 1.82) is 0 Å². The van der Waals surface area contributed by atoms with Gasteiger partial charge in [0.2, 0.25) is 0 Å². The van der Waals surface area contributed by atoms with Crippen LogP contribution in [0.4, 0.5) is 0 Å². The van der Waals surface area contributed by atoms with Crippen LogP contribution in [0.3, 0.4) is 0 Å². The van der Waals surface area contributed by atoms with Crippen molar-refractivity contribution in [2.75, 3.05) is 7.05 Å². The molecule has 1 aromatic carbocycles. The molecular formula is C17H21NOS. The molecular weight excluding hydrogens is 266 g/mol. The van der Waals surface area contributed by atoms with Gasteiger partial charge in [0, 0.05) is 15.8 Å². The molecule has 0 saturated heterocycles. The van der Waals surface area contributed by atoms with Gasteiger partial charge in [0.15, 0.2) is 0 Å². The van der Waals surface area contributed by atoms with Gasteiger partial charge in [0.25, 0.3) is 0 Å². The molecule has 3 rings (SSSR count). The van der Waals surface area contributed by atoms with Crippen LogP contribution in [0.1, 0.15) is 40.3 Å². The van der Waals surface area contributed by atoms with Gasteiger partial charge < -0.3 is 10.1 Å². The summed E-state index contributed by atoms with van der Waals surface area (Å²) in [5.41, 5.74) is 2.80. The zero-order valence-corrected chi connectivity index (χ0v) is 12.9. The Hall–Kier alpha value is -1.32. The van der Waals surface area contributed by atoms with Gasteiger partial charge >= 0.3 is 0 Å². The van der Waals surface area contributed by atoms with E-state index in [4.69, 9.17) is 4.74 Å². The van der Waals surface area contributed by atoms with E-state index in [1.807, 2.05) is 18.4 Å². The first-order chi connectivity index (χ1) is 9.81. The molecule has 1 N–H and O–H groups in total. The highest BCUT2D eigenvalue weighted by Crippen LogP contribution is 2.37. The minimum Gasteiger partial charge on any atom is -0.488 e. The summed E-state index contributed by atoms with van der Waals surface area (Å²) in [4.78, 5) is 2.74. The van der Waals surface area contributed by atoms with Gasteiger partial charge in [-0.15, -0.1) is 11.3 Å². The van der Waals surface area contributed by atoms with Crippen molar-refractivity contribution in [3.05, 3.63) is 51.2 Å². The highest BCUT2D eigenvalue weighted by Gasteiger charge is 2.23. The molecule has 0 bridgehead atoms. The van der Waals surface area contributed by atoms with Crippen molar-refractivity contribution < 1.29 is 4.74 Å². The number of nitrogens with one attached hydrogen (secondary N) is 1. The van der Waals surface area contributed by atoms with Crippen LogP contribution < -0.4 is 10.1 Å². The number of aryl methyl sites for hydroxylation is 1. The molecule has 1 unspecified atom stereocenters. The second-order valence-electron chi connectivity index (χ2n) is 5.21. The highest BCUT2D eigenvalue weighted by molar-refractivity contribution is 7.11. The summed E-state index contributed by atoms with van der Waals surface area (Å²) in [5.74, 6) is 1.06. The van der Waals surface area contributed by atoms with Gasteiger partial charge in [0.05, 0.1) is 0 Å². The van der Waals surface area contributed by atoms with Crippen LogP contribution in [0.5, 0.6) is 5.75 Å². The van der Waals surface area contributed by atoms with E-state index < -0.39 is 0 Å². The Labute approximate surface area is 124 Å². The highest BCUT2D eigenvalue weighted by atomic mass is 32.1. The average Bonchev–Trinajstić information content (AvgIpc) is 3.11. The van der Waals surface area contributed by atoms with Crippen molar-refractivity contribution in [1.82, 2.24) is 5.32 Å². The predicted octanol–water partition coefficient (Wildman–Crippen LogP) is 4.10. The molecule has 20 heavy (non-hydrogen) atoms. The molecule has 0 fully saturated rings. The molecule has 1 heterocycles. The van der Waals surface area contributed by atoms with Crippen molar-refractivity contribution in [3.8, 4) is 5.75 Å². The van der Waals surface area contributed by atoms with E-state index >= 15 is 0 Å². The zero-order valence-electron chi connectivity index (χ0n) is 12.1. The van der Waals surface area contributed by atoms with Gasteiger partial charge in [0.1, 0.15) is 12.4 Å². The fourth-order valence-electron chi connectivity index (χ4n) is 2.89. The monoisotopic (exact) mass is 287 g/mol. The van der Waals surface area contributed by atoms with Crippen LogP contribution in [0.15, 0.2) is 30.3 Å². The third-order valence-electron chi connectivity index (χ3n) is 4.01. The molecule has 1 aromatic heterocycles. The van der Waals surface area contributed by atoms with E-state index in [9.17, 15) is 0 Å². The average molecular weight is 287 g/mol. The molecule has 106 valence electrons. The third-order valence-corrected chi connectivity index (χ3v) is 5.21. The van der Waals surface area contributed by atoms with Gasteiger partial charge in [-0.05, 0) is 55.6 Å². The summed E-state index contributed by atoms with van der Waals surface area (Å²) in [5, 5.41) is 3.38. The number of benzene rings is 1. The largest absolute Gasteiger partial charge is 0.488 e. The first kappa shape index (κ1) is 13.7. The molecule has 0 saturated carbocycles. The Kier molecular flexibility index (Phi) is 4.08. The SMILES string of the molecule is CCc1ccc(COc2cccc3c2CCC3NC)s1. The van der Waals surface area contributed by atoms with Gasteiger partial charge in [-0.2, -0.15) is 0 Å². The molecule has 2 aromatic rings. The fourth-order valence-corrected chi connectivity index (χ4v) is 3.77. The first-order valence-corrected chi connectivity index (χ1v) is 8.13. The lowest BCUT2D eigenvalue weighted by atomic mass is 10.1. The smallest absolute Gasteiger partial charge is 0.123 e. The normalized spacial score (nSPS) is 17.2. The fraction of sp³-hybridized carbons (Fsp3) is 0.412. The Balaban J connectivity index is 1.74. The lowest BCUT2D eigenvalue weighted by Crippen LogP contribution is -2.12. The second-order valence-corrected chi connectivity index (χ2v) is 6.47. The number of rotatable bonds is 5. The van der Waals surface area contributed by atoms with Crippen molar-refractivity contribution >= 4 is 11.3 Å². The Morgan fingerprint density at radius 1 is 1.25 bits per heavy atom. The topological polar surface area (TPSA) is 21.3 Å². The molecule has 1 aliphatic rings. The molecule has 2 nitrogen and oxygen atoms in total. The summed E-state index contributed by atoms with van der Waals surface area (Å²) in [6.07, 6.45) is 3.39. The number of hydrogen-bond acceptors (Lipinski definition) is 3. The molecule has 1 atom stereocenters. The van der Waals surface area contributed by atoms with Crippen LogP contribution in [0.2, 0.25) is 0 Å². The molecule has 0 amide bonds. The molecule has 0 aliphatic heterocycles. The molecule has 0 radical (unpaired) electrons. The number of hydrogen-bond donors (Lipinski definition) is 1. The summed E-state index contributed by atoms with van der Waals surface area (Å²) in [6, 6.07) is 11.3. The second kappa shape index (κ2) is 5.98. The van der Waals surface area contributed by atoms with Crippen molar-refractivity contribution in [3.63, 3.8) is 0 Å². The number of fused-ring (bicyclic) bond motifs is 1. The molecule has 1 aliphatic carbocycles. The van der Waals surface area contributed by atoms with E-state index in [1.165, 1.54) is 27.3 Å². The predicted molar refractivity (Wildman–Crippen MR) is 84.6 cm³/mol. The number of ether oxygens (including phenoxy) is 1. The first-order valence-electron chi connectivity index (χ1n) is 7.31. The Morgan fingerprint density at radius 2 is 2.10 bits per heavy atom. The molecule has 3 heteroatoms. The maximum Gasteiger partial charge on any atom is 0.123 e. The molecule has 0 spiro atoms. The summed E-state index contributed by atoms with van der Waals surface area (Å²) < 4.78 is 6.07. The summed E-state index contributed by atoms with van der Waals surface area (Å²) >= 11 is 1.85. The van der Waals surface area contributed by atoms with E-state index in [2.05, 4.69) is 42.6 Å². The number of thiophene rings is 1. The van der Waals surface area contributed by atoms with Gasteiger partial charge in [-0.3, -0.25) is 0 Å². The van der Waals surface area contributed by atoms with Crippen LogP contribution >= 0.6 is 11.3 Å². The Morgan fingerprint density at radius 3 is 2.85 bits per heavy atom. The van der Waals surface area contributed by atoms with Gasteiger partial charge in [-0.1, -0.05) is 19.1 Å². The Bertz CT molecular complexity index is 590. The minimum absolute atomic E-state index is 0.488. The van der Waals surface area contributed by atoms with Gasteiger partial charge in [-0.25, -0.2) is 0 Å². The van der Waals surface area contributed by atoms with Crippen molar-refractivity contribution in [2.24, 2.45) is 0 Å². The minimum atomic E-state index is 0.488. The summed E-state index contributed by atoms with van der Waals surface area (Å²) in [7, 11) is 2.03. The van der Waals surface area contributed by atoms with Crippen LogP contribution in [0, 0.1) is 0 Å². The lowest BCUT2D eigenvalue weighted by Gasteiger charge is -2.12. The standard InChI is InChI=1S/C17H21NOS/c1-3-12-7-8-13(20-12)11-19-17-6-4-5-14-15(17)9-10-16(14)18-2/h4-8,16,18H,3,9-11H2,1-2H3. The maximum atomic E-state index is 6.07. The van der Waals surface area contributed by atoms with Crippen LogP contribution in [0.25, 0.3) is 0 Å². The quantitative estimate of drug-likeness (QED) is 0.894. The summed E-state index contributed by atoms with van der Waals surface area (Å²) in [6.45, 7) is 2.88. The lowest BCUT2D eigenvalue weighted by molar-refractivity contribution is 0.307. The van der Waals surface area contributed by atoms with E-state index in [0.717, 1.165) is 18.6 Å².